The molecule has 0 unspecified atom stereocenters. The first-order valence-electron chi connectivity index (χ1n) is 8.14. The van der Waals surface area contributed by atoms with Crippen LogP contribution in [0, 0.1) is 0 Å². The third-order valence-corrected chi connectivity index (χ3v) is 6.50. The molecule has 1 atom stereocenters. The van der Waals surface area contributed by atoms with Gasteiger partial charge in [-0.05, 0) is 55.8 Å². The minimum atomic E-state index is -3.82. The smallest absolute Gasteiger partial charge is 0.338 e. The van der Waals surface area contributed by atoms with E-state index in [0.717, 1.165) is 6.26 Å². The maximum atomic E-state index is 12.5. The Labute approximate surface area is 159 Å². The van der Waals surface area contributed by atoms with Gasteiger partial charge in [-0.25, -0.2) is 26.4 Å². The zero-order valence-corrected chi connectivity index (χ0v) is 16.8. The minimum Gasteiger partial charge on any atom is -0.462 e. The molecule has 146 valence electrons. The third-order valence-electron chi connectivity index (χ3n) is 3.82. The quantitative estimate of drug-likeness (QED) is 0.701. The van der Waals surface area contributed by atoms with Crippen molar-refractivity contribution in [3.8, 4) is 0 Å². The Morgan fingerprint density at radius 3 is 1.96 bits per heavy atom. The van der Waals surface area contributed by atoms with E-state index < -0.39 is 31.9 Å². The van der Waals surface area contributed by atoms with Crippen LogP contribution in [-0.4, -0.2) is 35.7 Å². The largest absolute Gasteiger partial charge is 0.462 e. The molecule has 0 fully saturated rings. The van der Waals surface area contributed by atoms with Gasteiger partial charge in [0, 0.05) is 12.3 Å². The molecule has 7 nitrogen and oxygen atoms in total. The van der Waals surface area contributed by atoms with Crippen molar-refractivity contribution in [2.45, 2.75) is 29.7 Å². The number of nitrogens with one attached hydrogen (secondary N) is 1. The van der Waals surface area contributed by atoms with Gasteiger partial charge in [0.15, 0.2) is 9.84 Å². The van der Waals surface area contributed by atoms with Crippen molar-refractivity contribution in [2.75, 3.05) is 12.9 Å². The second-order valence-electron chi connectivity index (χ2n) is 5.93. The lowest BCUT2D eigenvalue weighted by Gasteiger charge is -2.15. The van der Waals surface area contributed by atoms with E-state index in [1.165, 1.54) is 36.4 Å². The van der Waals surface area contributed by atoms with Crippen LogP contribution in [0.2, 0.25) is 0 Å². The lowest BCUT2D eigenvalue weighted by Crippen LogP contribution is -2.27. The van der Waals surface area contributed by atoms with Gasteiger partial charge in [-0.3, -0.25) is 0 Å². The van der Waals surface area contributed by atoms with Crippen LogP contribution in [0.15, 0.2) is 58.3 Å². The number of esters is 1. The molecule has 2 aromatic rings. The van der Waals surface area contributed by atoms with Crippen LogP contribution < -0.4 is 4.72 Å². The van der Waals surface area contributed by atoms with E-state index in [1.54, 1.807) is 26.0 Å². The van der Waals surface area contributed by atoms with E-state index in [9.17, 15) is 21.6 Å². The van der Waals surface area contributed by atoms with Crippen molar-refractivity contribution in [1.29, 1.82) is 0 Å². The van der Waals surface area contributed by atoms with Crippen LogP contribution in [0.4, 0.5) is 0 Å². The molecule has 0 aromatic heterocycles. The summed E-state index contributed by atoms with van der Waals surface area (Å²) in [5.74, 6) is -0.520. The highest BCUT2D eigenvalue weighted by Gasteiger charge is 2.19. The van der Waals surface area contributed by atoms with Gasteiger partial charge < -0.3 is 4.74 Å². The number of rotatable bonds is 7. The Balaban J connectivity index is 2.16. The van der Waals surface area contributed by atoms with Crippen LogP contribution in [-0.2, 0) is 24.6 Å². The maximum Gasteiger partial charge on any atom is 0.338 e. The molecule has 0 bridgehead atoms. The Hall–Kier alpha value is -2.23. The first-order valence-corrected chi connectivity index (χ1v) is 11.5. The average Bonchev–Trinajstić information content (AvgIpc) is 2.61. The van der Waals surface area contributed by atoms with E-state index in [0.29, 0.717) is 5.56 Å². The molecule has 2 aromatic carbocycles. The van der Waals surface area contributed by atoms with Gasteiger partial charge in [0.25, 0.3) is 0 Å². The molecule has 9 heteroatoms. The lowest BCUT2D eigenvalue weighted by molar-refractivity contribution is 0.0526. The van der Waals surface area contributed by atoms with Crippen molar-refractivity contribution in [3.05, 3.63) is 59.7 Å². The highest BCUT2D eigenvalue weighted by Crippen LogP contribution is 2.19. The number of sulfonamides is 1. The molecule has 0 aliphatic carbocycles. The number of hydrogen-bond acceptors (Lipinski definition) is 6. The van der Waals surface area contributed by atoms with Gasteiger partial charge in [-0.15, -0.1) is 0 Å². The highest BCUT2D eigenvalue weighted by molar-refractivity contribution is 7.90. The summed E-state index contributed by atoms with van der Waals surface area (Å²) < 4.78 is 55.4. The van der Waals surface area contributed by atoms with Gasteiger partial charge >= 0.3 is 5.97 Å². The van der Waals surface area contributed by atoms with E-state index in [1.807, 2.05) is 0 Å². The summed E-state index contributed by atoms with van der Waals surface area (Å²) in [6, 6.07) is 10.8. The van der Waals surface area contributed by atoms with Crippen LogP contribution >= 0.6 is 0 Å². The summed E-state index contributed by atoms with van der Waals surface area (Å²) in [4.78, 5) is 11.8. The van der Waals surface area contributed by atoms with Crippen LogP contribution in [0.25, 0.3) is 0 Å². The number of carbonyl (C=O) groups excluding carboxylic acids is 1. The van der Waals surface area contributed by atoms with Gasteiger partial charge in [0.2, 0.25) is 10.0 Å². The fourth-order valence-corrected chi connectivity index (χ4v) is 4.22. The van der Waals surface area contributed by atoms with E-state index in [4.69, 9.17) is 4.74 Å². The maximum absolute atomic E-state index is 12.5. The number of carbonyl (C=O) groups is 1. The summed E-state index contributed by atoms with van der Waals surface area (Å²) in [7, 11) is -7.14. The summed E-state index contributed by atoms with van der Waals surface area (Å²) in [6.07, 6.45) is 1.11. The predicted octanol–water partition coefficient (Wildman–Crippen LogP) is 2.31. The second-order valence-corrected chi connectivity index (χ2v) is 9.66. The van der Waals surface area contributed by atoms with Gasteiger partial charge in [0.1, 0.15) is 0 Å². The molecule has 0 spiro atoms. The van der Waals surface area contributed by atoms with E-state index >= 15 is 0 Å². The van der Waals surface area contributed by atoms with Crippen molar-refractivity contribution in [2.24, 2.45) is 0 Å². The van der Waals surface area contributed by atoms with Crippen molar-refractivity contribution in [3.63, 3.8) is 0 Å². The zero-order valence-electron chi connectivity index (χ0n) is 15.2. The summed E-state index contributed by atoms with van der Waals surface area (Å²) in [5.41, 5.74) is 0.884. The fraction of sp³-hybridized carbons (Fsp3) is 0.278. The average molecular weight is 412 g/mol. The molecule has 27 heavy (non-hydrogen) atoms. The number of benzene rings is 2. The molecule has 0 amide bonds. The van der Waals surface area contributed by atoms with Gasteiger partial charge in [-0.1, -0.05) is 12.1 Å². The SMILES string of the molecule is CCOC(=O)c1ccc(S(=O)(=O)N[C@H](C)c2ccc(S(C)(=O)=O)cc2)cc1. The second kappa shape index (κ2) is 8.20. The molecule has 0 heterocycles. The Bertz CT molecular complexity index is 1010. The molecule has 0 aliphatic heterocycles. The summed E-state index contributed by atoms with van der Waals surface area (Å²) in [5, 5.41) is 0. The monoisotopic (exact) mass is 411 g/mol. The van der Waals surface area contributed by atoms with Crippen LogP contribution in [0.1, 0.15) is 35.8 Å². The fourth-order valence-electron chi connectivity index (χ4n) is 2.36. The first-order chi connectivity index (χ1) is 12.5. The minimum absolute atomic E-state index is 0.00940. The zero-order chi connectivity index (χ0) is 20.2. The number of sulfone groups is 1. The van der Waals surface area contributed by atoms with Gasteiger partial charge in [0.05, 0.1) is 22.0 Å². The molecule has 0 aliphatic rings. The standard InChI is InChI=1S/C18H21NO6S2/c1-4-25-18(20)15-7-11-17(12-8-15)27(23,24)19-13(2)14-5-9-16(10-6-14)26(3,21)22/h5-13,19H,4H2,1-3H3/t13-/m1/s1. The Kier molecular flexibility index (Phi) is 6.40. The number of ether oxygens (including phenoxy) is 1. The highest BCUT2D eigenvalue weighted by atomic mass is 32.2. The molecule has 1 N–H and O–H groups in total. The Morgan fingerprint density at radius 2 is 1.48 bits per heavy atom. The Morgan fingerprint density at radius 1 is 0.963 bits per heavy atom. The van der Waals surface area contributed by atoms with Crippen molar-refractivity contribution < 1.29 is 26.4 Å². The van der Waals surface area contributed by atoms with Crippen LogP contribution in [0.5, 0.6) is 0 Å². The topological polar surface area (TPSA) is 107 Å². The molecular formula is C18H21NO6S2. The number of hydrogen-bond donors (Lipinski definition) is 1. The summed E-state index contributed by atoms with van der Waals surface area (Å²) >= 11 is 0. The normalized spacial score (nSPS) is 13.1. The van der Waals surface area contributed by atoms with Crippen LogP contribution in [0.3, 0.4) is 0 Å². The predicted molar refractivity (Wildman–Crippen MR) is 101 cm³/mol. The van der Waals surface area contributed by atoms with E-state index in [-0.39, 0.29) is 22.0 Å². The summed E-state index contributed by atoms with van der Waals surface area (Å²) in [6.45, 7) is 3.57. The first kappa shape index (κ1) is 21.1. The lowest BCUT2D eigenvalue weighted by atomic mass is 10.1. The molecule has 2 rings (SSSR count). The van der Waals surface area contributed by atoms with E-state index in [2.05, 4.69) is 4.72 Å². The van der Waals surface area contributed by atoms with Gasteiger partial charge in [-0.2, -0.15) is 0 Å². The molecular weight excluding hydrogens is 390 g/mol. The molecule has 0 saturated carbocycles. The molecule has 0 radical (unpaired) electrons. The van der Waals surface area contributed by atoms with Crippen molar-refractivity contribution in [1.82, 2.24) is 4.72 Å². The molecule has 0 saturated heterocycles. The van der Waals surface area contributed by atoms with Crippen molar-refractivity contribution >= 4 is 25.8 Å². The third kappa shape index (κ3) is 5.38.